The summed E-state index contributed by atoms with van der Waals surface area (Å²) in [4.78, 5) is 31.4. The molecule has 0 aliphatic heterocycles. The number of hydrogen-bond donors (Lipinski definition) is 4. The number of oxazole rings is 1. The Balaban J connectivity index is 1.87. The fraction of sp³-hybridized carbons (Fsp3) is 0.188. The second kappa shape index (κ2) is 7.08. The summed E-state index contributed by atoms with van der Waals surface area (Å²) in [5, 5.41) is 2.54. The van der Waals surface area contributed by atoms with Crippen molar-refractivity contribution in [3.63, 3.8) is 0 Å². The molecule has 27 heavy (non-hydrogen) atoms. The van der Waals surface area contributed by atoms with E-state index < -0.39 is 11.8 Å². The van der Waals surface area contributed by atoms with Crippen molar-refractivity contribution in [1.29, 1.82) is 0 Å². The van der Waals surface area contributed by atoms with Gasteiger partial charge in [-0.1, -0.05) is 11.6 Å². The molecule has 0 aliphatic rings. The molecule has 0 spiro atoms. The molecular formula is C16H17ClN7O3+. The molecule has 2 heterocycles. The van der Waals surface area contributed by atoms with E-state index in [1.807, 2.05) is 11.5 Å². The minimum atomic E-state index is -0.581. The molecule has 0 atom stereocenters. The molecule has 0 unspecified atom stereocenters. The zero-order valence-corrected chi connectivity index (χ0v) is 15.1. The number of primary amides is 1. The van der Waals surface area contributed by atoms with Crippen molar-refractivity contribution < 1.29 is 18.6 Å². The first-order valence-corrected chi connectivity index (χ1v) is 8.31. The molecule has 0 fully saturated rings. The Labute approximate surface area is 158 Å². The quantitative estimate of drug-likeness (QED) is 0.456. The average molecular weight is 391 g/mol. The van der Waals surface area contributed by atoms with Gasteiger partial charge in [-0.05, 0) is 19.1 Å². The van der Waals surface area contributed by atoms with Gasteiger partial charge in [0.2, 0.25) is 11.5 Å². The maximum Gasteiger partial charge on any atom is 0.367 e. The van der Waals surface area contributed by atoms with Crippen molar-refractivity contribution in [1.82, 2.24) is 15.3 Å². The molecule has 0 saturated heterocycles. The van der Waals surface area contributed by atoms with Crippen LogP contribution in [0.3, 0.4) is 0 Å². The lowest BCUT2D eigenvalue weighted by molar-refractivity contribution is -0.681. The van der Waals surface area contributed by atoms with E-state index in [1.54, 1.807) is 18.2 Å². The molecule has 0 radical (unpaired) electrons. The predicted molar refractivity (Wildman–Crippen MR) is 97.6 cm³/mol. The normalized spacial score (nSPS) is 10.9. The number of aromatic nitrogens is 3. The first-order chi connectivity index (χ1) is 12.8. The number of nitrogens with zero attached hydrogens (tertiary/aromatic N) is 3. The number of amides is 2. The molecular weight excluding hydrogens is 374 g/mol. The summed E-state index contributed by atoms with van der Waals surface area (Å²) < 4.78 is 7.58. The number of nitrogens with two attached hydrogens (primary N) is 3. The maximum absolute atomic E-state index is 12.4. The lowest BCUT2D eigenvalue weighted by Gasteiger charge is -2.06. The zero-order valence-electron chi connectivity index (χ0n) is 14.3. The van der Waals surface area contributed by atoms with Crippen LogP contribution >= 0.6 is 11.6 Å². The minimum Gasteiger partial charge on any atom is -0.400 e. The molecule has 2 amide bonds. The van der Waals surface area contributed by atoms with Crippen LogP contribution in [0.25, 0.3) is 11.1 Å². The highest BCUT2D eigenvalue weighted by molar-refractivity contribution is 6.31. The molecule has 1 aromatic carbocycles. The fourth-order valence-electron chi connectivity index (χ4n) is 2.61. The first-order valence-electron chi connectivity index (χ1n) is 7.93. The number of rotatable bonds is 5. The number of nitrogen functional groups attached to an aromatic ring is 2. The Kier molecular flexibility index (Phi) is 4.82. The second-order valence-corrected chi connectivity index (χ2v) is 5.96. The van der Waals surface area contributed by atoms with Gasteiger partial charge >= 0.3 is 5.89 Å². The Morgan fingerprint density at radius 1 is 1.26 bits per heavy atom. The summed E-state index contributed by atoms with van der Waals surface area (Å²) in [6.45, 7) is 2.51. The maximum atomic E-state index is 12.4. The van der Waals surface area contributed by atoms with E-state index in [4.69, 9.17) is 33.2 Å². The number of benzene rings is 1. The number of halogens is 1. The molecule has 10 nitrogen and oxygen atoms in total. The summed E-state index contributed by atoms with van der Waals surface area (Å²) in [5.74, 6) is -0.839. The highest BCUT2D eigenvalue weighted by atomic mass is 35.5. The second-order valence-electron chi connectivity index (χ2n) is 5.60. The largest absolute Gasteiger partial charge is 0.400 e. The van der Waals surface area contributed by atoms with Crippen molar-refractivity contribution in [2.24, 2.45) is 5.73 Å². The van der Waals surface area contributed by atoms with Gasteiger partial charge in [0.05, 0.1) is 0 Å². The number of anilines is 2. The van der Waals surface area contributed by atoms with Gasteiger partial charge < -0.3 is 26.9 Å². The summed E-state index contributed by atoms with van der Waals surface area (Å²) in [5.41, 5.74) is 18.0. The zero-order chi connectivity index (χ0) is 19.7. The van der Waals surface area contributed by atoms with Crippen molar-refractivity contribution in [3.05, 3.63) is 40.5 Å². The Bertz CT molecular complexity index is 1060. The molecule has 0 aliphatic carbocycles. The van der Waals surface area contributed by atoms with Gasteiger partial charge in [-0.2, -0.15) is 4.57 Å². The van der Waals surface area contributed by atoms with E-state index in [0.717, 1.165) is 0 Å². The SMILES string of the molecule is CC[n+]1c(CNC(=O)c2nc(Cl)c(N)nc2N)oc2ccc(C(N)=O)cc21. The van der Waals surface area contributed by atoms with Crippen LogP contribution in [0.1, 0.15) is 33.7 Å². The van der Waals surface area contributed by atoms with E-state index in [9.17, 15) is 9.59 Å². The van der Waals surface area contributed by atoms with Gasteiger partial charge in [-0.25, -0.2) is 9.97 Å². The molecule has 0 saturated carbocycles. The molecule has 3 aromatic rings. The van der Waals surface area contributed by atoms with E-state index in [-0.39, 0.29) is 29.0 Å². The monoisotopic (exact) mass is 390 g/mol. The highest BCUT2D eigenvalue weighted by Gasteiger charge is 2.24. The lowest BCUT2D eigenvalue weighted by Crippen LogP contribution is -2.38. The molecule has 140 valence electrons. The standard InChI is InChI=1S/C16H16ClN7O3/c1-2-24-8-5-7(15(20)25)3-4-9(8)27-10(24)6-21-16(26)11-13(18)23-14(19)12(17)22-11/h3-5H,2,6H2,1H3,(H6-,18,19,20,21,23,25,26)/p+1. The average Bonchev–Trinajstić information content (AvgIpc) is 2.99. The third kappa shape index (κ3) is 3.47. The van der Waals surface area contributed by atoms with E-state index >= 15 is 0 Å². The number of carbonyl (C=O) groups excluding carboxylic acids is 2. The molecule has 0 bridgehead atoms. The van der Waals surface area contributed by atoms with Crippen LogP contribution in [0.2, 0.25) is 5.15 Å². The van der Waals surface area contributed by atoms with Gasteiger partial charge in [0, 0.05) is 11.6 Å². The van der Waals surface area contributed by atoms with Crippen LogP contribution in [-0.4, -0.2) is 21.8 Å². The van der Waals surface area contributed by atoms with Gasteiger partial charge in [0.15, 0.2) is 22.5 Å². The summed E-state index contributed by atoms with van der Waals surface area (Å²) in [6.07, 6.45) is 0. The van der Waals surface area contributed by atoms with Gasteiger partial charge in [0.1, 0.15) is 13.1 Å². The van der Waals surface area contributed by atoms with Gasteiger partial charge in [-0.3, -0.25) is 9.59 Å². The summed E-state index contributed by atoms with van der Waals surface area (Å²) in [7, 11) is 0. The summed E-state index contributed by atoms with van der Waals surface area (Å²) in [6, 6.07) is 4.86. The van der Waals surface area contributed by atoms with Crippen LogP contribution in [0.5, 0.6) is 0 Å². The Morgan fingerprint density at radius 2 is 2.00 bits per heavy atom. The smallest absolute Gasteiger partial charge is 0.367 e. The number of fused-ring (bicyclic) bond motifs is 1. The molecule has 3 rings (SSSR count). The molecule has 11 heteroatoms. The van der Waals surface area contributed by atoms with Crippen molar-refractivity contribution in [2.75, 3.05) is 11.5 Å². The van der Waals surface area contributed by atoms with Gasteiger partial charge in [-0.15, -0.1) is 0 Å². The molecule has 2 aromatic heterocycles. The highest BCUT2D eigenvalue weighted by Crippen LogP contribution is 2.18. The number of hydrogen-bond acceptors (Lipinski definition) is 7. The molecule has 7 N–H and O–H groups in total. The van der Waals surface area contributed by atoms with Crippen molar-refractivity contribution >= 4 is 46.2 Å². The van der Waals surface area contributed by atoms with Crippen LogP contribution in [0.4, 0.5) is 11.6 Å². The van der Waals surface area contributed by atoms with E-state index in [2.05, 4.69) is 15.3 Å². The van der Waals surface area contributed by atoms with Crippen LogP contribution < -0.4 is 27.1 Å². The van der Waals surface area contributed by atoms with E-state index in [0.29, 0.717) is 29.1 Å². The third-order valence-corrected chi connectivity index (χ3v) is 4.18. The van der Waals surface area contributed by atoms with Crippen LogP contribution in [0.15, 0.2) is 22.6 Å². The van der Waals surface area contributed by atoms with Crippen LogP contribution in [0, 0.1) is 0 Å². The first kappa shape index (κ1) is 18.4. The third-order valence-electron chi connectivity index (χ3n) is 3.90. The minimum absolute atomic E-state index is 0.0520. The fourth-order valence-corrected chi connectivity index (χ4v) is 2.74. The van der Waals surface area contributed by atoms with Crippen LogP contribution in [-0.2, 0) is 13.1 Å². The lowest BCUT2D eigenvalue weighted by atomic mass is 10.2. The number of aryl methyl sites for hydroxylation is 1. The predicted octanol–water partition coefficient (Wildman–Crippen LogP) is 0.377. The summed E-state index contributed by atoms with van der Waals surface area (Å²) >= 11 is 5.79. The Morgan fingerprint density at radius 3 is 2.67 bits per heavy atom. The number of carbonyl (C=O) groups is 2. The Hall–Kier alpha value is -3.40. The number of nitrogens with one attached hydrogen (secondary N) is 1. The van der Waals surface area contributed by atoms with E-state index in [1.165, 1.54) is 0 Å². The topological polar surface area (TPSA) is 167 Å². The van der Waals surface area contributed by atoms with Gasteiger partial charge in [0.25, 0.3) is 11.4 Å². The van der Waals surface area contributed by atoms with Crippen molar-refractivity contribution in [3.8, 4) is 0 Å². The van der Waals surface area contributed by atoms with Crippen molar-refractivity contribution in [2.45, 2.75) is 20.0 Å².